The molecule has 3 rings (SSSR count). The first-order valence-corrected chi connectivity index (χ1v) is 9.75. The van der Waals surface area contributed by atoms with Crippen molar-refractivity contribution < 1.29 is 24.1 Å². The summed E-state index contributed by atoms with van der Waals surface area (Å²) >= 11 is 1.20. The maximum atomic E-state index is 12.5. The number of aliphatic hydroxyl groups is 1. The summed E-state index contributed by atoms with van der Waals surface area (Å²) in [5.74, 6) is 0.584. The van der Waals surface area contributed by atoms with Gasteiger partial charge in [-0.3, -0.25) is 0 Å². The summed E-state index contributed by atoms with van der Waals surface area (Å²) in [4.78, 5) is 17.5. The fraction of sp³-hybridized carbons (Fsp3) is 0.182. The lowest BCUT2D eigenvalue weighted by Crippen LogP contribution is -2.12. The number of rotatable bonds is 6. The fourth-order valence-corrected chi connectivity index (χ4v) is 3.72. The van der Waals surface area contributed by atoms with Crippen LogP contribution in [0.1, 0.15) is 12.5 Å². The normalized spacial score (nSPS) is 16.4. The molecule has 0 aromatic heterocycles. The Kier molecular flexibility index (Phi) is 6.61. The molecule has 0 saturated carbocycles. The molecule has 0 spiro atoms. The van der Waals surface area contributed by atoms with E-state index in [1.165, 1.54) is 11.8 Å². The maximum absolute atomic E-state index is 12.5. The lowest BCUT2D eigenvalue weighted by molar-refractivity contribution is -0.138. The third-order valence-electron chi connectivity index (χ3n) is 4.10. The summed E-state index contributed by atoms with van der Waals surface area (Å²) in [6, 6.07) is 14.5. The fourth-order valence-electron chi connectivity index (χ4n) is 2.69. The van der Waals surface area contributed by atoms with Crippen molar-refractivity contribution in [2.24, 2.45) is 4.99 Å². The molecular formula is C22H21NO5S. The summed E-state index contributed by atoms with van der Waals surface area (Å²) < 4.78 is 15.6. The molecule has 1 heterocycles. The molecule has 150 valence electrons. The van der Waals surface area contributed by atoms with Gasteiger partial charge in [-0.05, 0) is 43.3 Å². The van der Waals surface area contributed by atoms with Crippen molar-refractivity contribution in [3.63, 3.8) is 0 Å². The van der Waals surface area contributed by atoms with Crippen molar-refractivity contribution in [1.82, 2.24) is 0 Å². The van der Waals surface area contributed by atoms with Gasteiger partial charge < -0.3 is 19.3 Å². The molecule has 2 aromatic carbocycles. The van der Waals surface area contributed by atoms with Gasteiger partial charge in [-0.15, -0.1) is 0 Å². The lowest BCUT2D eigenvalue weighted by Gasteiger charge is -2.05. The number of hydrogen-bond donors (Lipinski definition) is 1. The van der Waals surface area contributed by atoms with Crippen LogP contribution in [-0.4, -0.2) is 36.9 Å². The Labute approximate surface area is 173 Å². The highest BCUT2D eigenvalue weighted by Gasteiger charge is 2.33. The van der Waals surface area contributed by atoms with Gasteiger partial charge in [-0.25, -0.2) is 9.79 Å². The van der Waals surface area contributed by atoms with Gasteiger partial charge in [-0.2, -0.15) is 0 Å². The Hall–Kier alpha value is -3.19. The highest BCUT2D eigenvalue weighted by Crippen LogP contribution is 2.41. The van der Waals surface area contributed by atoms with E-state index in [1.807, 2.05) is 24.3 Å². The first-order chi connectivity index (χ1) is 14.1. The number of nitrogens with zero attached hydrogens (tertiary/aromatic N) is 1. The zero-order chi connectivity index (χ0) is 20.8. The zero-order valence-corrected chi connectivity index (χ0v) is 17.2. The standard InChI is InChI=1S/C22H21NO5S/c1-4-28-22(25)19-20(24)18(13-14-7-5-6-8-17(14)27-3)29-21(19)23-15-9-11-16(26-2)12-10-15/h5-13,24H,4H2,1-3H3/b18-13+,23-21?. The van der Waals surface area contributed by atoms with Crippen LogP contribution in [0.15, 0.2) is 69.8 Å². The van der Waals surface area contributed by atoms with Crippen molar-refractivity contribution in [3.8, 4) is 11.5 Å². The number of para-hydroxylation sites is 1. The second kappa shape index (κ2) is 9.34. The second-order valence-electron chi connectivity index (χ2n) is 5.91. The van der Waals surface area contributed by atoms with Crippen molar-refractivity contribution in [2.45, 2.75) is 6.92 Å². The number of carbonyl (C=O) groups is 1. The van der Waals surface area contributed by atoms with E-state index in [0.29, 0.717) is 27.1 Å². The van der Waals surface area contributed by atoms with Crippen LogP contribution in [-0.2, 0) is 9.53 Å². The summed E-state index contributed by atoms with van der Waals surface area (Å²) in [5.41, 5.74) is 1.45. The average Bonchev–Trinajstić information content (AvgIpc) is 3.04. The van der Waals surface area contributed by atoms with E-state index >= 15 is 0 Å². The third kappa shape index (κ3) is 4.63. The Morgan fingerprint density at radius 3 is 2.48 bits per heavy atom. The predicted octanol–water partition coefficient (Wildman–Crippen LogP) is 4.90. The van der Waals surface area contributed by atoms with Gasteiger partial charge in [0.1, 0.15) is 27.9 Å². The van der Waals surface area contributed by atoms with Crippen molar-refractivity contribution in [1.29, 1.82) is 0 Å². The van der Waals surface area contributed by atoms with Crippen LogP contribution >= 0.6 is 11.8 Å². The number of aliphatic hydroxyl groups excluding tert-OH is 1. The molecule has 0 aliphatic carbocycles. The Morgan fingerprint density at radius 1 is 1.10 bits per heavy atom. The molecule has 29 heavy (non-hydrogen) atoms. The van der Waals surface area contributed by atoms with E-state index in [9.17, 15) is 9.90 Å². The first kappa shape index (κ1) is 20.5. The predicted molar refractivity (Wildman–Crippen MR) is 115 cm³/mol. The average molecular weight is 411 g/mol. The van der Waals surface area contributed by atoms with Crippen molar-refractivity contribution in [3.05, 3.63) is 70.3 Å². The maximum Gasteiger partial charge on any atom is 0.344 e. The number of thioether (sulfide) groups is 1. The van der Waals surface area contributed by atoms with Gasteiger partial charge in [0.05, 0.1) is 31.4 Å². The van der Waals surface area contributed by atoms with Crippen LogP contribution in [0.4, 0.5) is 5.69 Å². The summed E-state index contributed by atoms with van der Waals surface area (Å²) in [7, 11) is 3.16. The molecule has 0 radical (unpaired) electrons. The Bertz CT molecular complexity index is 993. The molecular weight excluding hydrogens is 390 g/mol. The van der Waals surface area contributed by atoms with Crippen LogP contribution in [0.2, 0.25) is 0 Å². The number of hydrogen-bond acceptors (Lipinski definition) is 7. The highest BCUT2D eigenvalue weighted by atomic mass is 32.2. The largest absolute Gasteiger partial charge is 0.506 e. The van der Waals surface area contributed by atoms with Gasteiger partial charge in [-0.1, -0.05) is 30.0 Å². The number of aliphatic imine (C=N–C) groups is 1. The Morgan fingerprint density at radius 2 is 1.83 bits per heavy atom. The smallest absolute Gasteiger partial charge is 0.344 e. The minimum Gasteiger partial charge on any atom is -0.506 e. The second-order valence-corrected chi connectivity index (χ2v) is 6.94. The topological polar surface area (TPSA) is 77.4 Å². The van der Waals surface area contributed by atoms with Crippen LogP contribution in [0.25, 0.3) is 6.08 Å². The van der Waals surface area contributed by atoms with E-state index in [0.717, 1.165) is 5.56 Å². The minimum absolute atomic E-state index is 0.0498. The SMILES string of the molecule is CCOC(=O)C1=C(O)/C(=C\c2ccccc2OC)SC1=Nc1ccc(OC)cc1. The number of esters is 1. The molecule has 6 nitrogen and oxygen atoms in total. The van der Waals surface area contributed by atoms with Crippen molar-refractivity contribution >= 4 is 34.5 Å². The van der Waals surface area contributed by atoms with Crippen LogP contribution in [0.3, 0.4) is 0 Å². The third-order valence-corrected chi connectivity index (χ3v) is 5.12. The minimum atomic E-state index is -0.617. The van der Waals surface area contributed by atoms with Crippen molar-refractivity contribution in [2.75, 3.05) is 20.8 Å². The molecule has 1 aliphatic heterocycles. The zero-order valence-electron chi connectivity index (χ0n) is 16.3. The van der Waals surface area contributed by atoms with Crippen LogP contribution < -0.4 is 9.47 Å². The number of methoxy groups -OCH3 is 2. The van der Waals surface area contributed by atoms with Gasteiger partial charge in [0.15, 0.2) is 0 Å². The summed E-state index contributed by atoms with van der Waals surface area (Å²) in [6.07, 6.45) is 1.76. The lowest BCUT2D eigenvalue weighted by atomic mass is 10.1. The first-order valence-electron chi connectivity index (χ1n) is 8.93. The van der Waals surface area contributed by atoms with Gasteiger partial charge in [0, 0.05) is 5.56 Å². The number of ether oxygens (including phenoxy) is 3. The molecule has 1 N–H and O–H groups in total. The Balaban J connectivity index is 2.04. The van der Waals surface area contributed by atoms with E-state index < -0.39 is 5.97 Å². The summed E-state index contributed by atoms with van der Waals surface area (Å²) in [5, 5.41) is 11.1. The molecule has 2 aromatic rings. The van der Waals surface area contributed by atoms with E-state index in [-0.39, 0.29) is 17.9 Å². The molecule has 0 atom stereocenters. The monoisotopic (exact) mass is 411 g/mol. The summed E-state index contributed by atoms with van der Waals surface area (Å²) in [6.45, 7) is 1.91. The van der Waals surface area contributed by atoms with Gasteiger partial charge in [0.2, 0.25) is 0 Å². The van der Waals surface area contributed by atoms with E-state index in [2.05, 4.69) is 4.99 Å². The highest BCUT2D eigenvalue weighted by molar-refractivity contribution is 8.18. The molecule has 0 unspecified atom stereocenters. The van der Waals surface area contributed by atoms with E-state index in [1.54, 1.807) is 51.5 Å². The molecule has 0 bridgehead atoms. The molecule has 1 aliphatic rings. The van der Waals surface area contributed by atoms with Crippen LogP contribution in [0.5, 0.6) is 11.5 Å². The quantitative estimate of drug-likeness (QED) is 0.682. The number of carbonyl (C=O) groups excluding carboxylic acids is 1. The van der Waals surface area contributed by atoms with Gasteiger partial charge in [0.25, 0.3) is 0 Å². The molecule has 7 heteroatoms. The van der Waals surface area contributed by atoms with E-state index in [4.69, 9.17) is 14.2 Å². The van der Waals surface area contributed by atoms with Gasteiger partial charge >= 0.3 is 5.97 Å². The van der Waals surface area contributed by atoms with Crippen LogP contribution in [0, 0.1) is 0 Å². The number of benzene rings is 2. The molecule has 0 fully saturated rings. The molecule has 0 saturated heterocycles. The molecule has 0 amide bonds.